The van der Waals surface area contributed by atoms with E-state index in [1.807, 2.05) is 6.92 Å². The van der Waals surface area contributed by atoms with E-state index in [9.17, 15) is 4.79 Å². The zero-order chi connectivity index (χ0) is 11.5. The molecule has 0 saturated carbocycles. The van der Waals surface area contributed by atoms with E-state index in [1.165, 1.54) is 0 Å². The lowest BCUT2D eigenvalue weighted by Gasteiger charge is -2.15. The van der Waals surface area contributed by atoms with Crippen molar-refractivity contribution < 1.29 is 19.7 Å². The third-order valence-electron chi connectivity index (χ3n) is 1.98. The first-order chi connectivity index (χ1) is 7.24. The Kier molecular flexibility index (Phi) is 9.21. The fraction of sp³-hybridized carbons (Fsp3) is 0.900. The Hall–Kier alpha value is -0.810. The molecule has 0 bridgehead atoms. The fourth-order valence-corrected chi connectivity index (χ4v) is 1.06. The number of amides is 1. The monoisotopic (exact) mass is 219 g/mol. The van der Waals surface area contributed by atoms with Gasteiger partial charge >= 0.3 is 6.09 Å². The summed E-state index contributed by atoms with van der Waals surface area (Å²) >= 11 is 0. The zero-order valence-corrected chi connectivity index (χ0v) is 9.24. The highest BCUT2D eigenvalue weighted by molar-refractivity contribution is 5.67. The van der Waals surface area contributed by atoms with E-state index < -0.39 is 6.09 Å². The summed E-state index contributed by atoms with van der Waals surface area (Å²) in [5.74, 6) is 0. The van der Waals surface area contributed by atoms with E-state index in [1.54, 1.807) is 0 Å². The molecule has 0 fully saturated rings. The highest BCUT2D eigenvalue weighted by Crippen LogP contribution is 1.97. The first kappa shape index (κ1) is 14.2. The van der Waals surface area contributed by atoms with Crippen molar-refractivity contribution in [1.82, 2.24) is 5.32 Å². The van der Waals surface area contributed by atoms with Crippen LogP contribution in [0, 0.1) is 0 Å². The Morgan fingerprint density at radius 1 is 1.40 bits per heavy atom. The van der Waals surface area contributed by atoms with Gasteiger partial charge in [0.2, 0.25) is 0 Å². The molecular weight excluding hydrogens is 198 g/mol. The van der Waals surface area contributed by atoms with Gasteiger partial charge in [0, 0.05) is 6.61 Å². The summed E-state index contributed by atoms with van der Waals surface area (Å²) < 4.78 is 4.87. The van der Waals surface area contributed by atoms with Gasteiger partial charge in [-0.05, 0) is 19.3 Å². The number of nitrogens with one attached hydrogen (secondary N) is 1. The van der Waals surface area contributed by atoms with Gasteiger partial charge in [-0.15, -0.1) is 0 Å². The molecule has 3 N–H and O–H groups in total. The van der Waals surface area contributed by atoms with Crippen molar-refractivity contribution in [2.75, 3.05) is 19.8 Å². The van der Waals surface area contributed by atoms with Gasteiger partial charge in [0.1, 0.15) is 0 Å². The molecule has 90 valence electrons. The maximum Gasteiger partial charge on any atom is 0.407 e. The molecule has 0 aromatic heterocycles. The van der Waals surface area contributed by atoms with Crippen LogP contribution in [0.15, 0.2) is 0 Å². The Balaban J connectivity index is 3.60. The molecule has 0 heterocycles. The van der Waals surface area contributed by atoms with Crippen LogP contribution in [0.3, 0.4) is 0 Å². The van der Waals surface area contributed by atoms with E-state index in [4.69, 9.17) is 14.9 Å². The Bertz CT molecular complexity index is 164. The van der Waals surface area contributed by atoms with Crippen molar-refractivity contribution in [3.63, 3.8) is 0 Å². The smallest absolute Gasteiger partial charge is 0.407 e. The summed E-state index contributed by atoms with van der Waals surface area (Å²) in [5.41, 5.74) is 0. The number of aliphatic hydroxyl groups is 2. The van der Waals surface area contributed by atoms with E-state index in [0.717, 1.165) is 12.8 Å². The van der Waals surface area contributed by atoms with Crippen LogP contribution in [0.2, 0.25) is 0 Å². The predicted molar refractivity (Wildman–Crippen MR) is 56.6 cm³/mol. The van der Waals surface area contributed by atoms with E-state index in [-0.39, 0.29) is 19.3 Å². The second-order valence-electron chi connectivity index (χ2n) is 3.38. The van der Waals surface area contributed by atoms with Gasteiger partial charge in [0.15, 0.2) is 0 Å². The number of ether oxygens (including phenoxy) is 1. The van der Waals surface area contributed by atoms with Gasteiger partial charge in [0.25, 0.3) is 0 Å². The normalized spacial score (nSPS) is 12.2. The topological polar surface area (TPSA) is 78.8 Å². The number of carbonyl (C=O) groups excluding carboxylic acids is 1. The van der Waals surface area contributed by atoms with Crippen molar-refractivity contribution in [3.8, 4) is 0 Å². The predicted octanol–water partition coefficient (Wildman–Crippen LogP) is 0.646. The van der Waals surface area contributed by atoms with Crippen LogP contribution < -0.4 is 5.32 Å². The molecule has 5 heteroatoms. The average Bonchev–Trinajstić information content (AvgIpc) is 2.24. The average molecular weight is 219 g/mol. The van der Waals surface area contributed by atoms with Gasteiger partial charge < -0.3 is 20.3 Å². The first-order valence-electron chi connectivity index (χ1n) is 5.39. The molecule has 0 aliphatic carbocycles. The van der Waals surface area contributed by atoms with Gasteiger partial charge in [0.05, 0.1) is 19.3 Å². The van der Waals surface area contributed by atoms with E-state index in [2.05, 4.69) is 5.32 Å². The van der Waals surface area contributed by atoms with Crippen molar-refractivity contribution in [3.05, 3.63) is 0 Å². The zero-order valence-electron chi connectivity index (χ0n) is 9.24. The van der Waals surface area contributed by atoms with E-state index >= 15 is 0 Å². The highest BCUT2D eigenvalue weighted by atomic mass is 16.5. The largest absolute Gasteiger partial charge is 0.450 e. The first-order valence-corrected chi connectivity index (χ1v) is 5.39. The summed E-state index contributed by atoms with van der Waals surface area (Å²) in [5, 5.41) is 20.1. The maximum absolute atomic E-state index is 11.1. The highest BCUT2D eigenvalue weighted by Gasteiger charge is 2.11. The standard InChI is InChI=1S/C10H21NO4/c1-2-3-7-15-10(14)11-9(8-13)5-4-6-12/h9,12-13H,2-8H2,1H3,(H,11,14). The number of aliphatic hydroxyl groups excluding tert-OH is 2. The lowest BCUT2D eigenvalue weighted by Crippen LogP contribution is -2.38. The lowest BCUT2D eigenvalue weighted by molar-refractivity contribution is 0.131. The minimum absolute atomic E-state index is 0.0586. The SMILES string of the molecule is CCCCOC(=O)NC(CO)CCCO. The van der Waals surface area contributed by atoms with Gasteiger partial charge in [-0.3, -0.25) is 0 Å². The molecule has 0 aromatic carbocycles. The number of hydrogen-bond acceptors (Lipinski definition) is 4. The summed E-state index contributed by atoms with van der Waals surface area (Å²) in [6, 6.07) is -0.328. The molecule has 1 unspecified atom stereocenters. The molecule has 15 heavy (non-hydrogen) atoms. The van der Waals surface area contributed by atoms with Gasteiger partial charge in [-0.1, -0.05) is 13.3 Å². The quantitative estimate of drug-likeness (QED) is 0.524. The van der Waals surface area contributed by atoms with Gasteiger partial charge in [-0.2, -0.15) is 0 Å². The molecule has 0 radical (unpaired) electrons. The van der Waals surface area contributed by atoms with Crippen LogP contribution in [-0.2, 0) is 4.74 Å². The lowest BCUT2D eigenvalue weighted by atomic mass is 10.2. The summed E-state index contributed by atoms with van der Waals surface area (Å²) in [7, 11) is 0. The molecule has 5 nitrogen and oxygen atoms in total. The van der Waals surface area contributed by atoms with Crippen molar-refractivity contribution in [2.24, 2.45) is 0 Å². The molecule has 1 atom stereocenters. The number of carbonyl (C=O) groups is 1. The Labute approximate surface area is 90.4 Å². The summed E-state index contributed by atoms with van der Waals surface area (Å²) in [6.07, 6.45) is 2.42. The number of hydrogen-bond donors (Lipinski definition) is 3. The second-order valence-corrected chi connectivity index (χ2v) is 3.38. The molecule has 0 aromatic rings. The van der Waals surface area contributed by atoms with Crippen LogP contribution in [0.25, 0.3) is 0 Å². The Morgan fingerprint density at radius 3 is 2.67 bits per heavy atom. The van der Waals surface area contributed by atoms with Crippen LogP contribution in [0.5, 0.6) is 0 Å². The van der Waals surface area contributed by atoms with Crippen LogP contribution >= 0.6 is 0 Å². The number of alkyl carbamates (subject to hydrolysis) is 1. The molecule has 0 aliphatic rings. The molecule has 0 rings (SSSR count). The molecular formula is C10H21NO4. The van der Waals surface area contributed by atoms with Crippen molar-refractivity contribution in [2.45, 2.75) is 38.6 Å². The van der Waals surface area contributed by atoms with Crippen molar-refractivity contribution in [1.29, 1.82) is 0 Å². The van der Waals surface area contributed by atoms with Crippen LogP contribution in [-0.4, -0.2) is 42.2 Å². The van der Waals surface area contributed by atoms with Crippen LogP contribution in [0.4, 0.5) is 4.79 Å². The molecule has 1 amide bonds. The maximum atomic E-state index is 11.1. The second kappa shape index (κ2) is 9.73. The van der Waals surface area contributed by atoms with Gasteiger partial charge in [-0.25, -0.2) is 4.79 Å². The van der Waals surface area contributed by atoms with Crippen molar-refractivity contribution >= 4 is 6.09 Å². The number of rotatable bonds is 8. The molecule has 0 aliphatic heterocycles. The Morgan fingerprint density at radius 2 is 2.13 bits per heavy atom. The fourth-order valence-electron chi connectivity index (χ4n) is 1.06. The van der Waals surface area contributed by atoms with E-state index in [0.29, 0.717) is 19.4 Å². The molecule has 0 spiro atoms. The third-order valence-corrected chi connectivity index (χ3v) is 1.98. The number of unbranched alkanes of at least 4 members (excludes halogenated alkanes) is 1. The minimum Gasteiger partial charge on any atom is -0.450 e. The third kappa shape index (κ3) is 8.20. The summed E-state index contributed by atoms with van der Waals surface area (Å²) in [4.78, 5) is 11.1. The summed E-state index contributed by atoms with van der Waals surface area (Å²) in [6.45, 7) is 2.34. The minimum atomic E-state index is -0.500. The molecule has 0 saturated heterocycles. The van der Waals surface area contributed by atoms with Crippen LogP contribution in [0.1, 0.15) is 32.6 Å².